The first kappa shape index (κ1) is 11.8. The molecule has 0 spiro atoms. The summed E-state index contributed by atoms with van der Waals surface area (Å²) in [6, 6.07) is 5.99. The molecular formula is C12H10ClFN2O. The van der Waals surface area contributed by atoms with Gasteiger partial charge in [0.05, 0.1) is 5.02 Å². The molecule has 0 atom stereocenters. The largest absolute Gasteiger partial charge is 0.292 e. The molecule has 88 valence electrons. The van der Waals surface area contributed by atoms with Crippen LogP contribution >= 0.6 is 11.6 Å². The van der Waals surface area contributed by atoms with Crippen molar-refractivity contribution in [1.29, 1.82) is 0 Å². The standard InChI is InChI=1S/C12H10ClFN2O/c1-16-11(4-5-15-16)12(17)7-8-2-3-9(13)10(14)6-8/h2-6H,7H2,1H3. The number of hydrogen-bond acceptors (Lipinski definition) is 2. The molecule has 17 heavy (non-hydrogen) atoms. The van der Waals surface area contributed by atoms with Crippen molar-refractivity contribution in [2.45, 2.75) is 6.42 Å². The van der Waals surface area contributed by atoms with Crippen LogP contribution in [0.15, 0.2) is 30.5 Å². The number of ketones is 1. The Morgan fingerprint density at radius 1 is 1.47 bits per heavy atom. The molecule has 3 nitrogen and oxygen atoms in total. The predicted molar refractivity (Wildman–Crippen MR) is 62.7 cm³/mol. The van der Waals surface area contributed by atoms with Crippen molar-refractivity contribution in [3.63, 3.8) is 0 Å². The van der Waals surface area contributed by atoms with Crippen LogP contribution in [0.25, 0.3) is 0 Å². The van der Waals surface area contributed by atoms with Gasteiger partial charge in [0, 0.05) is 19.7 Å². The molecule has 0 saturated carbocycles. The molecule has 0 radical (unpaired) electrons. The van der Waals surface area contributed by atoms with Crippen LogP contribution in [-0.4, -0.2) is 15.6 Å². The lowest BCUT2D eigenvalue weighted by Crippen LogP contribution is -2.09. The Kier molecular flexibility index (Phi) is 3.24. The summed E-state index contributed by atoms with van der Waals surface area (Å²) < 4.78 is 14.7. The van der Waals surface area contributed by atoms with Gasteiger partial charge in [0.15, 0.2) is 5.78 Å². The van der Waals surface area contributed by atoms with Crippen molar-refractivity contribution in [3.8, 4) is 0 Å². The van der Waals surface area contributed by atoms with E-state index in [9.17, 15) is 9.18 Å². The van der Waals surface area contributed by atoms with Crippen LogP contribution < -0.4 is 0 Å². The molecule has 0 amide bonds. The molecule has 1 heterocycles. The van der Waals surface area contributed by atoms with E-state index >= 15 is 0 Å². The van der Waals surface area contributed by atoms with Gasteiger partial charge in [-0.15, -0.1) is 0 Å². The lowest BCUT2D eigenvalue weighted by molar-refractivity contribution is 0.0984. The number of aromatic nitrogens is 2. The van der Waals surface area contributed by atoms with Crippen LogP contribution in [0.2, 0.25) is 5.02 Å². The topological polar surface area (TPSA) is 34.9 Å². The van der Waals surface area contributed by atoms with Gasteiger partial charge < -0.3 is 0 Å². The van der Waals surface area contributed by atoms with Gasteiger partial charge in [-0.05, 0) is 23.8 Å². The van der Waals surface area contributed by atoms with Crippen LogP contribution in [-0.2, 0) is 13.5 Å². The number of nitrogens with zero attached hydrogens (tertiary/aromatic N) is 2. The van der Waals surface area contributed by atoms with E-state index in [1.54, 1.807) is 25.4 Å². The zero-order valence-electron chi connectivity index (χ0n) is 9.15. The van der Waals surface area contributed by atoms with Crippen LogP contribution in [0.1, 0.15) is 16.1 Å². The first-order valence-electron chi connectivity index (χ1n) is 5.03. The molecule has 0 aliphatic rings. The highest BCUT2D eigenvalue weighted by Crippen LogP contribution is 2.16. The van der Waals surface area contributed by atoms with Crippen molar-refractivity contribution in [2.24, 2.45) is 7.05 Å². The van der Waals surface area contributed by atoms with Crippen LogP contribution in [0, 0.1) is 5.82 Å². The van der Waals surface area contributed by atoms with Gasteiger partial charge in [-0.1, -0.05) is 17.7 Å². The number of rotatable bonds is 3. The lowest BCUT2D eigenvalue weighted by Gasteiger charge is -2.03. The maximum absolute atomic E-state index is 13.2. The normalized spacial score (nSPS) is 10.5. The highest BCUT2D eigenvalue weighted by atomic mass is 35.5. The van der Waals surface area contributed by atoms with E-state index in [2.05, 4.69) is 5.10 Å². The van der Waals surface area contributed by atoms with Crippen molar-refractivity contribution >= 4 is 17.4 Å². The number of aryl methyl sites for hydroxylation is 1. The Morgan fingerprint density at radius 2 is 2.24 bits per heavy atom. The Morgan fingerprint density at radius 3 is 2.82 bits per heavy atom. The highest BCUT2D eigenvalue weighted by Gasteiger charge is 2.11. The number of Topliss-reactive ketones (excluding diaryl/α,β-unsaturated/α-hetero) is 1. The Bertz CT molecular complexity index is 565. The van der Waals surface area contributed by atoms with Crippen LogP contribution in [0.4, 0.5) is 4.39 Å². The number of halogens is 2. The van der Waals surface area contributed by atoms with Crippen molar-refractivity contribution < 1.29 is 9.18 Å². The minimum Gasteiger partial charge on any atom is -0.292 e. The molecule has 0 bridgehead atoms. The number of hydrogen-bond donors (Lipinski definition) is 0. The zero-order chi connectivity index (χ0) is 12.4. The third-order valence-corrected chi connectivity index (χ3v) is 2.76. The summed E-state index contributed by atoms with van der Waals surface area (Å²) in [6.45, 7) is 0. The summed E-state index contributed by atoms with van der Waals surface area (Å²) >= 11 is 5.57. The van der Waals surface area contributed by atoms with Gasteiger partial charge >= 0.3 is 0 Å². The van der Waals surface area contributed by atoms with Gasteiger partial charge in [-0.25, -0.2) is 4.39 Å². The highest BCUT2D eigenvalue weighted by molar-refractivity contribution is 6.30. The zero-order valence-corrected chi connectivity index (χ0v) is 9.91. The summed E-state index contributed by atoms with van der Waals surface area (Å²) in [5.74, 6) is -0.617. The maximum Gasteiger partial charge on any atom is 0.185 e. The second-order valence-electron chi connectivity index (χ2n) is 3.69. The SMILES string of the molecule is Cn1nccc1C(=O)Cc1ccc(Cl)c(F)c1. The van der Waals surface area contributed by atoms with Crippen LogP contribution in [0.5, 0.6) is 0 Å². The van der Waals surface area contributed by atoms with Gasteiger partial charge in [-0.3, -0.25) is 9.48 Å². The Labute approximate surface area is 103 Å². The van der Waals surface area contributed by atoms with E-state index < -0.39 is 5.82 Å². The molecule has 2 aromatic rings. The molecule has 0 fully saturated rings. The van der Waals surface area contributed by atoms with E-state index in [-0.39, 0.29) is 17.2 Å². The van der Waals surface area contributed by atoms with Gasteiger partial charge in [-0.2, -0.15) is 5.10 Å². The van der Waals surface area contributed by atoms with Gasteiger partial charge in [0.1, 0.15) is 11.5 Å². The summed E-state index contributed by atoms with van der Waals surface area (Å²) in [4.78, 5) is 11.9. The fourth-order valence-electron chi connectivity index (χ4n) is 1.57. The Balaban J connectivity index is 2.19. The third-order valence-electron chi connectivity index (χ3n) is 2.46. The van der Waals surface area contributed by atoms with Gasteiger partial charge in [0.2, 0.25) is 0 Å². The Hall–Kier alpha value is -1.68. The fourth-order valence-corrected chi connectivity index (χ4v) is 1.69. The second-order valence-corrected chi connectivity index (χ2v) is 4.10. The summed E-state index contributed by atoms with van der Waals surface area (Å²) in [7, 11) is 1.69. The monoisotopic (exact) mass is 252 g/mol. The molecular weight excluding hydrogens is 243 g/mol. The molecule has 0 aliphatic carbocycles. The molecule has 1 aromatic carbocycles. The molecule has 2 rings (SSSR count). The first-order valence-corrected chi connectivity index (χ1v) is 5.41. The molecule has 0 aliphatic heterocycles. The molecule has 0 unspecified atom stereocenters. The van der Waals surface area contributed by atoms with E-state index in [0.717, 1.165) is 0 Å². The minimum atomic E-state index is -0.512. The fraction of sp³-hybridized carbons (Fsp3) is 0.167. The molecule has 1 aromatic heterocycles. The number of carbonyl (C=O) groups is 1. The van der Waals surface area contributed by atoms with Crippen molar-refractivity contribution in [3.05, 3.63) is 52.6 Å². The van der Waals surface area contributed by atoms with E-state index in [1.807, 2.05) is 0 Å². The lowest BCUT2D eigenvalue weighted by atomic mass is 10.1. The van der Waals surface area contributed by atoms with E-state index in [1.165, 1.54) is 16.8 Å². The van der Waals surface area contributed by atoms with Gasteiger partial charge in [0.25, 0.3) is 0 Å². The van der Waals surface area contributed by atoms with E-state index in [0.29, 0.717) is 11.3 Å². The number of benzene rings is 1. The summed E-state index contributed by atoms with van der Waals surface area (Å²) in [6.07, 6.45) is 1.68. The smallest absolute Gasteiger partial charge is 0.185 e. The molecule has 0 N–H and O–H groups in total. The quantitative estimate of drug-likeness (QED) is 0.787. The van der Waals surface area contributed by atoms with E-state index in [4.69, 9.17) is 11.6 Å². The molecule has 0 saturated heterocycles. The van der Waals surface area contributed by atoms with Crippen LogP contribution in [0.3, 0.4) is 0 Å². The summed E-state index contributed by atoms with van der Waals surface area (Å²) in [5, 5.41) is 3.97. The molecule has 5 heteroatoms. The maximum atomic E-state index is 13.2. The van der Waals surface area contributed by atoms with Crippen molar-refractivity contribution in [2.75, 3.05) is 0 Å². The first-order chi connectivity index (χ1) is 8.08. The average molecular weight is 253 g/mol. The van der Waals surface area contributed by atoms with Crippen molar-refractivity contribution in [1.82, 2.24) is 9.78 Å². The average Bonchev–Trinajstić information content (AvgIpc) is 2.70. The minimum absolute atomic E-state index is 0.0572. The summed E-state index contributed by atoms with van der Waals surface area (Å²) in [5.41, 5.74) is 1.10. The predicted octanol–water partition coefficient (Wildman–Crippen LogP) is 2.64. The number of carbonyl (C=O) groups excluding carboxylic acids is 1. The second kappa shape index (κ2) is 4.67. The third kappa shape index (κ3) is 2.53.